The van der Waals surface area contributed by atoms with E-state index < -0.39 is 11.9 Å². The summed E-state index contributed by atoms with van der Waals surface area (Å²) >= 11 is 0. The van der Waals surface area contributed by atoms with E-state index in [9.17, 15) is 24.8 Å². The molecule has 0 atom stereocenters. The SMILES string of the molecule is CC(=O)Nc1cccc(-c2cc3c(C(=O)Nc4ccc(C#N)cc4C(=O)O)noc3cc2C#N)c1. The van der Waals surface area contributed by atoms with Crippen molar-refractivity contribution in [3.05, 3.63) is 77.0 Å². The van der Waals surface area contributed by atoms with Crippen LogP contribution in [0.2, 0.25) is 0 Å². The molecule has 0 radical (unpaired) electrons. The number of rotatable bonds is 5. The average Bonchev–Trinajstić information content (AvgIpc) is 3.26. The molecule has 0 aliphatic rings. The van der Waals surface area contributed by atoms with Crippen LogP contribution in [0.25, 0.3) is 22.1 Å². The summed E-state index contributed by atoms with van der Waals surface area (Å²) in [6.07, 6.45) is 0. The smallest absolute Gasteiger partial charge is 0.337 e. The highest BCUT2D eigenvalue weighted by Crippen LogP contribution is 2.32. The lowest BCUT2D eigenvalue weighted by Crippen LogP contribution is -2.15. The molecule has 10 nitrogen and oxygen atoms in total. The van der Waals surface area contributed by atoms with Crippen LogP contribution in [0.15, 0.2) is 59.1 Å². The lowest BCUT2D eigenvalue weighted by Gasteiger charge is -2.09. The molecule has 2 amide bonds. The first-order chi connectivity index (χ1) is 16.8. The second kappa shape index (κ2) is 9.17. The Hall–Kier alpha value is -5.48. The molecule has 4 aromatic rings. The zero-order valence-corrected chi connectivity index (χ0v) is 18.1. The predicted molar refractivity (Wildman–Crippen MR) is 125 cm³/mol. The molecule has 4 rings (SSSR count). The van der Waals surface area contributed by atoms with Gasteiger partial charge in [-0.15, -0.1) is 0 Å². The second-order valence-electron chi connectivity index (χ2n) is 7.43. The van der Waals surface area contributed by atoms with Crippen molar-refractivity contribution in [2.75, 3.05) is 10.6 Å². The van der Waals surface area contributed by atoms with E-state index in [4.69, 9.17) is 9.78 Å². The van der Waals surface area contributed by atoms with Crippen molar-refractivity contribution in [3.63, 3.8) is 0 Å². The van der Waals surface area contributed by atoms with Crippen LogP contribution in [0.5, 0.6) is 0 Å². The van der Waals surface area contributed by atoms with Crippen LogP contribution in [-0.2, 0) is 4.79 Å². The maximum atomic E-state index is 13.0. The van der Waals surface area contributed by atoms with E-state index in [0.29, 0.717) is 22.2 Å². The molecule has 0 fully saturated rings. The third kappa shape index (κ3) is 4.53. The van der Waals surface area contributed by atoms with Crippen molar-refractivity contribution in [2.45, 2.75) is 6.92 Å². The van der Waals surface area contributed by atoms with Crippen LogP contribution >= 0.6 is 0 Å². The molecule has 0 bridgehead atoms. The molecular weight excluding hydrogens is 450 g/mol. The summed E-state index contributed by atoms with van der Waals surface area (Å²) in [5.74, 6) is -2.30. The van der Waals surface area contributed by atoms with E-state index in [2.05, 4.69) is 21.9 Å². The van der Waals surface area contributed by atoms with E-state index >= 15 is 0 Å². The van der Waals surface area contributed by atoms with Gasteiger partial charge in [0.25, 0.3) is 5.91 Å². The van der Waals surface area contributed by atoms with Crippen LogP contribution < -0.4 is 10.6 Å². The first kappa shape index (κ1) is 22.7. The molecule has 0 saturated heterocycles. The number of aromatic carboxylic acids is 1. The standard InChI is InChI=1S/C25H15N5O5/c1-13(31)28-17-4-2-3-15(8-17)18-10-20-22(9-16(18)12-27)35-30-23(20)24(32)29-21-6-5-14(11-26)7-19(21)25(33)34/h2-10H,1H3,(H,28,31)(H,29,32)(H,33,34). The Balaban J connectivity index is 1.77. The summed E-state index contributed by atoms with van der Waals surface area (Å²) in [6.45, 7) is 1.38. The Labute approximate surface area is 198 Å². The van der Waals surface area contributed by atoms with Gasteiger partial charge in [0.05, 0.1) is 39.9 Å². The van der Waals surface area contributed by atoms with Crippen molar-refractivity contribution in [1.82, 2.24) is 5.16 Å². The predicted octanol–water partition coefficient (Wildman–Crippen LogP) is 4.15. The molecule has 170 valence electrons. The Morgan fingerprint density at radius 1 is 1.00 bits per heavy atom. The van der Waals surface area contributed by atoms with Gasteiger partial charge in [0.2, 0.25) is 5.91 Å². The van der Waals surface area contributed by atoms with Gasteiger partial charge in [0.15, 0.2) is 11.3 Å². The van der Waals surface area contributed by atoms with Crippen LogP contribution in [0.1, 0.15) is 38.9 Å². The molecular formula is C25H15N5O5. The van der Waals surface area contributed by atoms with Crippen LogP contribution in [0.4, 0.5) is 11.4 Å². The van der Waals surface area contributed by atoms with Gasteiger partial charge in [-0.2, -0.15) is 10.5 Å². The number of nitrogens with one attached hydrogen (secondary N) is 2. The Morgan fingerprint density at radius 2 is 1.80 bits per heavy atom. The largest absolute Gasteiger partial charge is 0.478 e. The average molecular weight is 465 g/mol. The number of carboxylic acid groups (broad SMARTS) is 1. The lowest BCUT2D eigenvalue weighted by molar-refractivity contribution is -0.114. The molecule has 0 saturated carbocycles. The minimum Gasteiger partial charge on any atom is -0.478 e. The van der Waals surface area contributed by atoms with E-state index in [-0.39, 0.29) is 39.6 Å². The summed E-state index contributed by atoms with van der Waals surface area (Å²) in [4.78, 5) is 36.0. The molecule has 3 N–H and O–H groups in total. The minimum absolute atomic E-state index is 0.0190. The summed E-state index contributed by atoms with van der Waals surface area (Å²) in [5, 5.41) is 37.4. The van der Waals surface area contributed by atoms with Gasteiger partial charge in [-0.05, 0) is 42.0 Å². The van der Waals surface area contributed by atoms with E-state index in [1.54, 1.807) is 30.3 Å². The van der Waals surface area contributed by atoms with E-state index in [1.165, 1.54) is 25.1 Å². The first-order valence-electron chi connectivity index (χ1n) is 10.1. The third-order valence-corrected chi connectivity index (χ3v) is 5.07. The van der Waals surface area contributed by atoms with E-state index in [1.807, 2.05) is 6.07 Å². The number of carbonyl (C=O) groups is 3. The van der Waals surface area contributed by atoms with Gasteiger partial charge in [-0.3, -0.25) is 9.59 Å². The zero-order chi connectivity index (χ0) is 25.1. The molecule has 1 heterocycles. The molecule has 0 unspecified atom stereocenters. The number of hydrogen-bond acceptors (Lipinski definition) is 7. The highest BCUT2D eigenvalue weighted by Gasteiger charge is 2.21. The van der Waals surface area contributed by atoms with Gasteiger partial charge in [0.1, 0.15) is 0 Å². The number of fused-ring (bicyclic) bond motifs is 1. The third-order valence-electron chi connectivity index (χ3n) is 5.07. The maximum Gasteiger partial charge on any atom is 0.337 e. The van der Waals surface area contributed by atoms with Crippen LogP contribution in [0.3, 0.4) is 0 Å². The number of nitriles is 2. The normalized spacial score (nSPS) is 10.3. The lowest BCUT2D eigenvalue weighted by atomic mass is 9.97. The minimum atomic E-state index is -1.32. The first-order valence-corrected chi connectivity index (χ1v) is 10.1. The Bertz CT molecular complexity index is 1610. The zero-order valence-electron chi connectivity index (χ0n) is 18.1. The number of carbonyl (C=O) groups excluding carboxylic acids is 2. The van der Waals surface area contributed by atoms with Crippen molar-refractivity contribution < 1.29 is 24.0 Å². The summed E-state index contributed by atoms with van der Waals surface area (Å²) in [6, 6.07) is 17.6. The fourth-order valence-electron chi connectivity index (χ4n) is 3.53. The fraction of sp³-hybridized carbons (Fsp3) is 0.0400. The maximum absolute atomic E-state index is 13.0. The number of aromatic nitrogens is 1. The molecule has 0 spiro atoms. The summed E-state index contributed by atoms with van der Waals surface area (Å²) < 4.78 is 5.25. The molecule has 3 aromatic carbocycles. The van der Waals surface area contributed by atoms with Crippen LogP contribution in [0, 0.1) is 22.7 Å². The quantitative estimate of drug-likeness (QED) is 0.395. The highest BCUT2D eigenvalue weighted by atomic mass is 16.5. The van der Waals surface area contributed by atoms with Gasteiger partial charge >= 0.3 is 5.97 Å². The molecule has 35 heavy (non-hydrogen) atoms. The number of amides is 2. The topological polar surface area (TPSA) is 169 Å². The Kier molecular flexibility index (Phi) is 5.95. The van der Waals surface area contributed by atoms with Gasteiger partial charge in [-0.1, -0.05) is 17.3 Å². The number of carboxylic acids is 1. The van der Waals surface area contributed by atoms with Crippen molar-refractivity contribution in [1.29, 1.82) is 10.5 Å². The number of anilines is 2. The Morgan fingerprint density at radius 3 is 2.49 bits per heavy atom. The monoisotopic (exact) mass is 465 g/mol. The van der Waals surface area contributed by atoms with Gasteiger partial charge in [-0.25, -0.2) is 4.79 Å². The molecule has 0 aliphatic carbocycles. The van der Waals surface area contributed by atoms with E-state index in [0.717, 1.165) is 6.07 Å². The van der Waals surface area contributed by atoms with Crippen LogP contribution in [-0.4, -0.2) is 28.0 Å². The number of hydrogen-bond donors (Lipinski definition) is 3. The van der Waals surface area contributed by atoms with Crippen molar-refractivity contribution in [2.24, 2.45) is 0 Å². The summed E-state index contributed by atoms with van der Waals surface area (Å²) in [7, 11) is 0. The van der Waals surface area contributed by atoms with Crippen molar-refractivity contribution in [3.8, 4) is 23.3 Å². The van der Waals surface area contributed by atoms with Gasteiger partial charge < -0.3 is 20.3 Å². The highest BCUT2D eigenvalue weighted by molar-refractivity contribution is 6.13. The van der Waals surface area contributed by atoms with Gasteiger partial charge in [0, 0.05) is 24.2 Å². The molecule has 0 aliphatic heterocycles. The number of benzene rings is 3. The number of nitrogens with zero attached hydrogens (tertiary/aromatic N) is 3. The summed E-state index contributed by atoms with van der Waals surface area (Å²) in [5.41, 5.74) is 1.81. The fourth-order valence-corrected chi connectivity index (χ4v) is 3.53. The second-order valence-corrected chi connectivity index (χ2v) is 7.43. The van der Waals surface area contributed by atoms with Crippen molar-refractivity contribution >= 4 is 40.1 Å². The molecule has 10 heteroatoms. The molecule has 1 aromatic heterocycles.